The summed E-state index contributed by atoms with van der Waals surface area (Å²) < 4.78 is 5.30. The van der Waals surface area contributed by atoms with Crippen LogP contribution in [-0.4, -0.2) is 29.5 Å². The third-order valence-electron chi connectivity index (χ3n) is 4.01. The Morgan fingerprint density at radius 3 is 2.63 bits per heavy atom. The van der Waals surface area contributed by atoms with Gasteiger partial charge in [-0.1, -0.05) is 42.5 Å². The molecule has 0 bridgehead atoms. The van der Waals surface area contributed by atoms with Gasteiger partial charge in [0, 0.05) is 12.7 Å². The van der Waals surface area contributed by atoms with Gasteiger partial charge in [0.15, 0.2) is 0 Å². The van der Waals surface area contributed by atoms with Crippen molar-refractivity contribution in [3.8, 4) is 5.75 Å². The number of aryl methyl sites for hydroxylation is 1. The molecule has 0 saturated carbocycles. The molecule has 0 radical (unpaired) electrons. The number of anilines is 2. The van der Waals surface area contributed by atoms with Crippen LogP contribution in [0.1, 0.15) is 22.5 Å². The second-order valence-electron chi connectivity index (χ2n) is 5.94. The largest absolute Gasteiger partial charge is 0.495 e. The van der Waals surface area contributed by atoms with Crippen molar-refractivity contribution in [2.24, 2.45) is 0 Å². The molecule has 3 rings (SSSR count). The van der Waals surface area contributed by atoms with Gasteiger partial charge in [-0.15, -0.1) is 0 Å². The van der Waals surface area contributed by atoms with E-state index in [9.17, 15) is 4.79 Å². The van der Waals surface area contributed by atoms with Crippen molar-refractivity contribution in [3.05, 3.63) is 78.1 Å². The number of hydrogen-bond donors (Lipinski definition) is 2. The van der Waals surface area contributed by atoms with Gasteiger partial charge in [0.2, 0.25) is 5.95 Å². The summed E-state index contributed by atoms with van der Waals surface area (Å²) in [6.07, 6.45) is 3.35. The molecule has 0 spiro atoms. The lowest BCUT2D eigenvalue weighted by molar-refractivity contribution is 0.0948. The summed E-state index contributed by atoms with van der Waals surface area (Å²) >= 11 is 0. The minimum Gasteiger partial charge on any atom is -0.495 e. The molecule has 1 heterocycles. The maximum Gasteiger partial charge on any atom is 0.270 e. The highest BCUT2D eigenvalue weighted by Gasteiger charge is 2.10. The number of benzene rings is 2. The van der Waals surface area contributed by atoms with E-state index in [1.807, 2.05) is 42.5 Å². The fourth-order valence-corrected chi connectivity index (χ4v) is 2.64. The lowest BCUT2D eigenvalue weighted by atomic mass is 10.1. The van der Waals surface area contributed by atoms with E-state index in [0.717, 1.165) is 18.5 Å². The number of aromatic nitrogens is 2. The van der Waals surface area contributed by atoms with Crippen molar-refractivity contribution in [1.82, 2.24) is 15.3 Å². The predicted molar refractivity (Wildman–Crippen MR) is 105 cm³/mol. The highest BCUT2D eigenvalue weighted by atomic mass is 16.5. The molecule has 138 valence electrons. The Hall–Kier alpha value is -3.41. The van der Waals surface area contributed by atoms with E-state index in [1.165, 1.54) is 5.56 Å². The van der Waals surface area contributed by atoms with Crippen LogP contribution in [0.3, 0.4) is 0 Å². The summed E-state index contributed by atoms with van der Waals surface area (Å²) in [4.78, 5) is 20.8. The first-order valence-electron chi connectivity index (χ1n) is 8.81. The number of carbonyl (C=O) groups excluding carboxylic acids is 1. The molecule has 27 heavy (non-hydrogen) atoms. The number of carbonyl (C=O) groups is 1. The Bertz CT molecular complexity index is 884. The fraction of sp³-hybridized carbons (Fsp3) is 0.190. The molecule has 0 atom stereocenters. The van der Waals surface area contributed by atoms with Gasteiger partial charge >= 0.3 is 0 Å². The number of para-hydroxylation sites is 2. The Balaban J connectivity index is 1.55. The van der Waals surface area contributed by atoms with Crippen molar-refractivity contribution in [2.45, 2.75) is 12.8 Å². The Labute approximate surface area is 158 Å². The monoisotopic (exact) mass is 362 g/mol. The number of hydrogen-bond acceptors (Lipinski definition) is 5. The number of ether oxygens (including phenoxy) is 1. The van der Waals surface area contributed by atoms with Crippen LogP contribution in [0.2, 0.25) is 0 Å². The second-order valence-corrected chi connectivity index (χ2v) is 5.94. The first kappa shape index (κ1) is 18.4. The third-order valence-corrected chi connectivity index (χ3v) is 4.01. The summed E-state index contributed by atoms with van der Waals surface area (Å²) in [5.74, 6) is 0.807. The van der Waals surface area contributed by atoms with Gasteiger partial charge in [-0.2, -0.15) is 0 Å². The summed E-state index contributed by atoms with van der Waals surface area (Å²) in [5.41, 5.74) is 2.32. The lowest BCUT2D eigenvalue weighted by Crippen LogP contribution is -2.26. The molecule has 0 aliphatic carbocycles. The topological polar surface area (TPSA) is 76.1 Å². The van der Waals surface area contributed by atoms with Gasteiger partial charge in [-0.25, -0.2) is 9.97 Å². The van der Waals surface area contributed by atoms with Crippen molar-refractivity contribution < 1.29 is 9.53 Å². The van der Waals surface area contributed by atoms with Crippen molar-refractivity contribution in [2.75, 3.05) is 19.0 Å². The summed E-state index contributed by atoms with van der Waals surface area (Å²) in [6.45, 7) is 0.590. The maximum absolute atomic E-state index is 12.3. The lowest BCUT2D eigenvalue weighted by Gasteiger charge is -2.10. The van der Waals surface area contributed by atoms with Crippen molar-refractivity contribution >= 4 is 17.5 Å². The highest BCUT2D eigenvalue weighted by Crippen LogP contribution is 2.25. The molecule has 1 amide bonds. The average molecular weight is 362 g/mol. The molecule has 3 aromatic rings. The zero-order chi connectivity index (χ0) is 18.9. The molecule has 2 aromatic carbocycles. The third kappa shape index (κ3) is 5.28. The highest BCUT2D eigenvalue weighted by molar-refractivity contribution is 5.92. The fourth-order valence-electron chi connectivity index (χ4n) is 2.64. The summed E-state index contributed by atoms with van der Waals surface area (Å²) in [6, 6.07) is 19.3. The molecular weight excluding hydrogens is 340 g/mol. The van der Waals surface area contributed by atoms with Gasteiger partial charge in [0.1, 0.15) is 11.4 Å². The Morgan fingerprint density at radius 2 is 1.81 bits per heavy atom. The second kappa shape index (κ2) is 9.33. The van der Waals surface area contributed by atoms with Crippen molar-refractivity contribution in [1.29, 1.82) is 0 Å². The van der Waals surface area contributed by atoms with Crippen LogP contribution in [0.5, 0.6) is 5.75 Å². The van der Waals surface area contributed by atoms with Crippen LogP contribution in [0.15, 0.2) is 66.9 Å². The van der Waals surface area contributed by atoms with E-state index < -0.39 is 0 Å². The normalized spacial score (nSPS) is 10.3. The number of rotatable bonds is 8. The first-order chi connectivity index (χ1) is 13.3. The summed E-state index contributed by atoms with van der Waals surface area (Å²) in [7, 11) is 1.60. The number of nitrogens with one attached hydrogen (secondary N) is 2. The van der Waals surface area contributed by atoms with Gasteiger partial charge < -0.3 is 15.4 Å². The predicted octanol–water partition coefficient (Wildman–Crippen LogP) is 3.59. The van der Waals surface area contributed by atoms with E-state index in [2.05, 4.69) is 32.7 Å². The van der Waals surface area contributed by atoms with Gasteiger partial charge in [-0.3, -0.25) is 4.79 Å². The Morgan fingerprint density at radius 1 is 1.04 bits per heavy atom. The number of amides is 1. The molecule has 6 heteroatoms. The molecule has 1 aromatic heterocycles. The van der Waals surface area contributed by atoms with Crippen LogP contribution >= 0.6 is 0 Å². The molecule has 0 fully saturated rings. The standard InChI is InChI=1S/C21H22N4O2/c1-27-19-12-6-5-11-17(19)24-21-23-15-13-18(25-21)20(26)22-14-7-10-16-8-3-2-4-9-16/h2-6,8-9,11-13,15H,7,10,14H2,1H3,(H,22,26)(H,23,24,25). The SMILES string of the molecule is COc1ccccc1Nc1nccc(C(=O)NCCCc2ccccc2)n1. The molecule has 0 aliphatic heterocycles. The minimum atomic E-state index is -0.214. The first-order valence-corrected chi connectivity index (χ1v) is 8.81. The van der Waals surface area contributed by atoms with E-state index >= 15 is 0 Å². The van der Waals surface area contributed by atoms with Crippen LogP contribution in [0.25, 0.3) is 0 Å². The zero-order valence-electron chi connectivity index (χ0n) is 15.2. The number of methoxy groups -OCH3 is 1. The van der Waals surface area contributed by atoms with Gasteiger partial charge in [0.05, 0.1) is 12.8 Å². The van der Waals surface area contributed by atoms with Crippen LogP contribution in [0.4, 0.5) is 11.6 Å². The Kier molecular flexibility index (Phi) is 6.35. The number of nitrogens with zero attached hydrogens (tertiary/aromatic N) is 2. The summed E-state index contributed by atoms with van der Waals surface area (Å²) in [5, 5.41) is 5.98. The molecule has 0 unspecified atom stereocenters. The average Bonchev–Trinajstić information content (AvgIpc) is 2.72. The molecule has 6 nitrogen and oxygen atoms in total. The van der Waals surface area contributed by atoms with Crippen LogP contribution < -0.4 is 15.4 Å². The van der Waals surface area contributed by atoms with E-state index in [-0.39, 0.29) is 5.91 Å². The zero-order valence-corrected chi connectivity index (χ0v) is 15.2. The van der Waals surface area contributed by atoms with Gasteiger partial charge in [-0.05, 0) is 36.6 Å². The molecule has 2 N–H and O–H groups in total. The minimum absolute atomic E-state index is 0.214. The van der Waals surface area contributed by atoms with E-state index in [4.69, 9.17) is 4.74 Å². The quantitative estimate of drug-likeness (QED) is 0.599. The van der Waals surface area contributed by atoms with E-state index in [0.29, 0.717) is 23.9 Å². The van der Waals surface area contributed by atoms with Crippen LogP contribution in [-0.2, 0) is 6.42 Å². The maximum atomic E-state index is 12.3. The van der Waals surface area contributed by atoms with Gasteiger partial charge in [0.25, 0.3) is 5.91 Å². The van der Waals surface area contributed by atoms with E-state index in [1.54, 1.807) is 19.4 Å². The molecule has 0 saturated heterocycles. The smallest absolute Gasteiger partial charge is 0.270 e. The molecule has 0 aliphatic rings. The van der Waals surface area contributed by atoms with Crippen molar-refractivity contribution in [3.63, 3.8) is 0 Å². The van der Waals surface area contributed by atoms with Crippen LogP contribution in [0, 0.1) is 0 Å². The molecular formula is C21H22N4O2.